The zero-order valence-corrected chi connectivity index (χ0v) is 26.3. The number of benzene rings is 2. The van der Waals surface area contributed by atoms with Gasteiger partial charge in [0.25, 0.3) is 10.0 Å². The molecule has 44 heavy (non-hydrogen) atoms. The third-order valence-electron chi connectivity index (χ3n) is 8.40. The fourth-order valence-electron chi connectivity index (χ4n) is 5.75. The SMILES string of the molecule is C/C(=C(/C#N)S(=O)(=O)NC1C(CCO)O[C@H](CO)[C@@H](O)[C@@H]1O)c1ccc(-c2ccc3cc(N4CCN(C)CC4)ccc3c2)s1. The van der Waals surface area contributed by atoms with Crippen molar-refractivity contribution in [3.8, 4) is 16.5 Å². The second-order valence-corrected chi connectivity index (χ2v) is 14.0. The van der Waals surface area contributed by atoms with Crippen LogP contribution in [-0.4, -0.2) is 111 Å². The molecule has 0 radical (unpaired) electrons. The standard InChI is InChI=1S/C31H38N4O7S2/c1-19(28(17-32)44(40,41)33-29-24(9-14-36)42-25(18-37)30(38)31(29)39)26-7-8-27(43-26)22-4-3-21-16-23(6-5-20(21)15-22)35-12-10-34(2)11-13-35/h3-8,15-16,24-25,29-31,33,36-39H,9-14,18H2,1-2H3/b28-19+/t24?,25-,29?,30-,31-/m1/s1. The number of thiophene rings is 1. The zero-order chi connectivity index (χ0) is 31.6. The van der Waals surface area contributed by atoms with Crippen LogP contribution in [0.5, 0.6) is 0 Å². The summed E-state index contributed by atoms with van der Waals surface area (Å²) in [6.07, 6.45) is -5.45. The summed E-state index contributed by atoms with van der Waals surface area (Å²) in [5.74, 6) is 0. The van der Waals surface area contributed by atoms with Gasteiger partial charge in [-0.25, -0.2) is 13.1 Å². The van der Waals surface area contributed by atoms with Crippen LogP contribution in [0.4, 0.5) is 5.69 Å². The summed E-state index contributed by atoms with van der Waals surface area (Å²) in [4.78, 5) is 5.68. The van der Waals surface area contributed by atoms with E-state index in [1.807, 2.05) is 12.1 Å². The first-order valence-corrected chi connectivity index (χ1v) is 16.8. The van der Waals surface area contributed by atoms with Gasteiger partial charge in [0.2, 0.25) is 0 Å². The molecule has 0 amide bonds. The first-order valence-electron chi connectivity index (χ1n) is 14.5. The minimum absolute atomic E-state index is 0.0603. The van der Waals surface area contributed by atoms with Gasteiger partial charge in [-0.3, -0.25) is 0 Å². The Hall–Kier alpha value is -2.90. The summed E-state index contributed by atoms with van der Waals surface area (Å²) < 4.78 is 34.7. The van der Waals surface area contributed by atoms with E-state index in [0.29, 0.717) is 4.88 Å². The van der Waals surface area contributed by atoms with Crippen molar-refractivity contribution in [1.29, 1.82) is 5.26 Å². The molecule has 2 aliphatic rings. The summed E-state index contributed by atoms with van der Waals surface area (Å²) in [6.45, 7) is 4.61. The second-order valence-electron chi connectivity index (χ2n) is 11.3. The highest BCUT2D eigenvalue weighted by Gasteiger charge is 2.46. The lowest BCUT2D eigenvalue weighted by molar-refractivity contribution is -0.194. The Morgan fingerprint density at radius 2 is 1.73 bits per heavy atom. The number of aliphatic hydroxyl groups is 4. The lowest BCUT2D eigenvalue weighted by Gasteiger charge is -2.42. The first-order chi connectivity index (χ1) is 21.1. The molecule has 3 heterocycles. The molecular weight excluding hydrogens is 604 g/mol. The first kappa shape index (κ1) is 32.5. The molecule has 5 rings (SSSR count). The van der Waals surface area contributed by atoms with Crippen LogP contribution in [0, 0.1) is 11.3 Å². The number of nitriles is 1. The molecule has 11 nitrogen and oxygen atoms in total. The topological polar surface area (TPSA) is 167 Å². The van der Waals surface area contributed by atoms with E-state index in [4.69, 9.17) is 4.74 Å². The van der Waals surface area contributed by atoms with Crippen LogP contribution in [-0.2, 0) is 14.8 Å². The van der Waals surface area contributed by atoms with Gasteiger partial charge in [0.15, 0.2) is 4.91 Å². The van der Waals surface area contributed by atoms with Crippen molar-refractivity contribution in [2.24, 2.45) is 0 Å². The van der Waals surface area contributed by atoms with Crippen molar-refractivity contribution >= 4 is 43.4 Å². The smallest absolute Gasteiger partial charge is 0.251 e. The second kappa shape index (κ2) is 13.6. The van der Waals surface area contributed by atoms with Gasteiger partial charge in [0.1, 0.15) is 24.4 Å². The molecular formula is C31H38N4O7S2. The van der Waals surface area contributed by atoms with E-state index in [-0.39, 0.29) is 18.6 Å². The van der Waals surface area contributed by atoms with Crippen molar-refractivity contribution < 1.29 is 33.6 Å². The molecule has 0 bridgehead atoms. The monoisotopic (exact) mass is 642 g/mol. The molecule has 3 aromatic rings. The summed E-state index contributed by atoms with van der Waals surface area (Å²) in [5, 5.41) is 52.0. The molecule has 236 valence electrons. The van der Waals surface area contributed by atoms with Gasteiger partial charge in [-0.15, -0.1) is 11.3 Å². The molecule has 2 aliphatic heterocycles. The number of fused-ring (bicyclic) bond motifs is 1. The zero-order valence-electron chi connectivity index (χ0n) is 24.6. The van der Waals surface area contributed by atoms with Crippen LogP contribution in [0.3, 0.4) is 0 Å². The fourth-order valence-corrected chi connectivity index (χ4v) is 8.23. The van der Waals surface area contributed by atoms with Crippen molar-refractivity contribution in [2.45, 2.75) is 43.8 Å². The van der Waals surface area contributed by atoms with Gasteiger partial charge < -0.3 is 35.0 Å². The van der Waals surface area contributed by atoms with Crippen molar-refractivity contribution in [1.82, 2.24) is 9.62 Å². The molecule has 0 spiro atoms. The van der Waals surface area contributed by atoms with Crippen molar-refractivity contribution in [2.75, 3.05) is 51.3 Å². The number of hydrogen-bond donors (Lipinski definition) is 5. The van der Waals surface area contributed by atoms with Gasteiger partial charge in [-0.2, -0.15) is 5.26 Å². The molecule has 0 aliphatic carbocycles. The van der Waals surface area contributed by atoms with Gasteiger partial charge in [0.05, 0.1) is 18.8 Å². The lowest BCUT2D eigenvalue weighted by atomic mass is 9.92. The summed E-state index contributed by atoms with van der Waals surface area (Å²) in [6, 6.07) is 16.8. The number of nitrogens with zero attached hydrogens (tertiary/aromatic N) is 3. The van der Waals surface area contributed by atoms with Crippen LogP contribution in [0.1, 0.15) is 18.2 Å². The van der Waals surface area contributed by atoms with E-state index >= 15 is 0 Å². The maximum absolute atomic E-state index is 13.4. The predicted octanol–water partition coefficient (Wildman–Crippen LogP) is 1.73. The fraction of sp³-hybridized carbons (Fsp3) is 0.452. The summed E-state index contributed by atoms with van der Waals surface area (Å²) in [5.41, 5.74) is 2.40. The number of likely N-dealkylation sites (N-methyl/N-ethyl adjacent to an activating group) is 1. The molecule has 2 aromatic carbocycles. The molecule has 2 saturated heterocycles. The highest BCUT2D eigenvalue weighted by molar-refractivity contribution is 7.93. The van der Waals surface area contributed by atoms with Crippen LogP contribution in [0.25, 0.3) is 26.8 Å². The van der Waals surface area contributed by atoms with E-state index in [9.17, 15) is 34.1 Å². The Morgan fingerprint density at radius 1 is 1.02 bits per heavy atom. The van der Waals surface area contributed by atoms with E-state index in [0.717, 1.165) is 47.4 Å². The Morgan fingerprint density at radius 3 is 2.41 bits per heavy atom. The summed E-state index contributed by atoms with van der Waals surface area (Å²) in [7, 11) is -2.34. The largest absolute Gasteiger partial charge is 0.396 e. The van der Waals surface area contributed by atoms with Crippen LogP contribution >= 0.6 is 11.3 Å². The predicted molar refractivity (Wildman–Crippen MR) is 170 cm³/mol. The number of aliphatic hydroxyl groups excluding tert-OH is 4. The maximum atomic E-state index is 13.4. The number of hydrogen-bond acceptors (Lipinski definition) is 11. The van der Waals surface area contributed by atoms with Gasteiger partial charge in [0, 0.05) is 48.2 Å². The van der Waals surface area contributed by atoms with Crippen molar-refractivity contribution in [3.63, 3.8) is 0 Å². The number of anilines is 1. The highest BCUT2D eigenvalue weighted by atomic mass is 32.2. The van der Waals surface area contributed by atoms with E-state index < -0.39 is 52.0 Å². The van der Waals surface area contributed by atoms with Gasteiger partial charge >= 0.3 is 0 Å². The average molecular weight is 643 g/mol. The van der Waals surface area contributed by atoms with E-state index in [2.05, 4.69) is 51.9 Å². The number of ether oxygens (including phenoxy) is 1. The Labute approximate surface area is 261 Å². The number of sulfonamides is 1. The number of rotatable bonds is 9. The molecule has 2 unspecified atom stereocenters. The lowest BCUT2D eigenvalue weighted by Crippen LogP contribution is -2.64. The quantitative estimate of drug-likeness (QED) is 0.217. The van der Waals surface area contributed by atoms with Crippen LogP contribution in [0.15, 0.2) is 53.4 Å². The van der Waals surface area contributed by atoms with Crippen LogP contribution < -0.4 is 9.62 Å². The minimum atomic E-state index is -4.48. The highest BCUT2D eigenvalue weighted by Crippen LogP contribution is 2.36. The van der Waals surface area contributed by atoms with Gasteiger partial charge in [-0.05, 0) is 72.6 Å². The van der Waals surface area contributed by atoms with Gasteiger partial charge in [-0.1, -0.05) is 18.2 Å². The number of nitrogens with one attached hydrogen (secondary N) is 1. The normalized spacial score (nSPS) is 25.6. The van der Waals surface area contributed by atoms with Crippen molar-refractivity contribution in [3.05, 3.63) is 58.3 Å². The van der Waals surface area contributed by atoms with Crippen LogP contribution in [0.2, 0.25) is 0 Å². The molecule has 13 heteroatoms. The Kier molecular flexibility index (Phi) is 10.1. The molecule has 5 atom stereocenters. The number of allylic oxidation sites excluding steroid dienone is 2. The van der Waals surface area contributed by atoms with E-state index in [1.54, 1.807) is 19.1 Å². The third kappa shape index (κ3) is 6.69. The Balaban J connectivity index is 1.38. The molecule has 2 fully saturated rings. The minimum Gasteiger partial charge on any atom is -0.396 e. The average Bonchev–Trinajstić information content (AvgIpc) is 3.51. The molecule has 5 N–H and O–H groups in total. The summed E-state index contributed by atoms with van der Waals surface area (Å²) >= 11 is 1.36. The number of piperazine rings is 1. The van der Waals surface area contributed by atoms with E-state index in [1.165, 1.54) is 17.0 Å². The third-order valence-corrected chi connectivity index (χ3v) is 11.2. The molecule has 1 aromatic heterocycles. The molecule has 0 saturated carbocycles. The Bertz CT molecular complexity index is 1660. The maximum Gasteiger partial charge on any atom is 0.251 e.